The Morgan fingerprint density at radius 3 is 2.18 bits per heavy atom. The Labute approximate surface area is 202 Å². The fourth-order valence-corrected chi connectivity index (χ4v) is 11.6. The number of hydrogen-bond donors (Lipinski definition) is 2. The molecular formula is C30H50O3. The van der Waals surface area contributed by atoms with Gasteiger partial charge in [0.1, 0.15) is 5.78 Å². The van der Waals surface area contributed by atoms with Gasteiger partial charge in [-0.25, -0.2) is 0 Å². The molecule has 0 amide bonds. The van der Waals surface area contributed by atoms with Crippen LogP contribution >= 0.6 is 0 Å². The van der Waals surface area contributed by atoms with E-state index in [9.17, 15) is 15.0 Å². The number of aliphatic hydroxyl groups excluding tert-OH is 1. The number of aliphatic hydroxyl groups is 2. The third-order valence-corrected chi connectivity index (χ3v) is 13.5. The maximum Gasteiger partial charge on any atom is 0.138 e. The molecule has 0 aromatic carbocycles. The average Bonchev–Trinajstić information content (AvgIpc) is 3.05. The van der Waals surface area contributed by atoms with Crippen LogP contribution < -0.4 is 0 Å². The van der Waals surface area contributed by atoms with Crippen molar-refractivity contribution in [1.82, 2.24) is 0 Å². The Morgan fingerprint density at radius 1 is 0.879 bits per heavy atom. The molecule has 0 heterocycles. The van der Waals surface area contributed by atoms with Gasteiger partial charge in [0.15, 0.2) is 0 Å². The second-order valence-corrected chi connectivity index (χ2v) is 15.4. The lowest BCUT2D eigenvalue weighted by atomic mass is 9.32. The number of fused-ring (bicyclic) bond motifs is 7. The van der Waals surface area contributed by atoms with E-state index in [-0.39, 0.29) is 39.1 Å². The van der Waals surface area contributed by atoms with Gasteiger partial charge in [-0.15, -0.1) is 0 Å². The van der Waals surface area contributed by atoms with Crippen LogP contribution in [-0.4, -0.2) is 27.7 Å². The molecule has 2 N–H and O–H groups in total. The van der Waals surface area contributed by atoms with Gasteiger partial charge in [0.05, 0.1) is 11.7 Å². The van der Waals surface area contributed by atoms with Gasteiger partial charge in [0.25, 0.3) is 0 Å². The molecule has 0 aromatic heterocycles. The first-order valence-electron chi connectivity index (χ1n) is 14.0. The summed E-state index contributed by atoms with van der Waals surface area (Å²) >= 11 is 0. The normalized spacial score (nSPS) is 55.9. The van der Waals surface area contributed by atoms with Crippen molar-refractivity contribution in [3.63, 3.8) is 0 Å². The van der Waals surface area contributed by atoms with Crippen LogP contribution in [0.3, 0.4) is 0 Å². The lowest BCUT2D eigenvalue weighted by Crippen LogP contribution is -2.69. The third kappa shape index (κ3) is 2.90. The van der Waals surface area contributed by atoms with Crippen LogP contribution in [0.25, 0.3) is 0 Å². The standard InChI is InChI=1S/C30H50O3/c1-25(2)21-10-14-30(8)24(28(21,6)13-11-22(25)32)20(31)17-19-23-18(26(3,4)33)9-12-27(23,5)15-16-29(19,30)7/h18-21,23-24,31,33H,9-17H2,1-8H3/t18-,19-,20-,21+,23-,24+,27-,28+,29-,30-/m1/s1. The smallest absolute Gasteiger partial charge is 0.138 e. The Bertz CT molecular complexity index is 840. The van der Waals surface area contributed by atoms with Crippen molar-refractivity contribution >= 4 is 5.78 Å². The second-order valence-electron chi connectivity index (χ2n) is 15.4. The molecular weight excluding hydrogens is 408 g/mol. The Kier molecular flexibility index (Phi) is 5.06. The molecule has 5 aliphatic rings. The highest BCUT2D eigenvalue weighted by atomic mass is 16.3. The number of ketones is 1. The molecule has 3 heteroatoms. The third-order valence-electron chi connectivity index (χ3n) is 13.5. The summed E-state index contributed by atoms with van der Waals surface area (Å²) < 4.78 is 0. The van der Waals surface area contributed by atoms with Crippen molar-refractivity contribution < 1.29 is 15.0 Å². The largest absolute Gasteiger partial charge is 0.393 e. The van der Waals surface area contributed by atoms with Crippen molar-refractivity contribution in [1.29, 1.82) is 0 Å². The number of carbonyl (C=O) groups is 1. The molecule has 0 aliphatic heterocycles. The highest BCUT2D eigenvalue weighted by molar-refractivity contribution is 5.85. The first kappa shape index (κ1) is 24.3. The Balaban J connectivity index is 1.59. The first-order valence-corrected chi connectivity index (χ1v) is 14.0. The molecule has 5 aliphatic carbocycles. The molecule has 33 heavy (non-hydrogen) atoms. The summed E-state index contributed by atoms with van der Waals surface area (Å²) in [5.74, 6) is 2.31. The molecule has 0 saturated heterocycles. The zero-order chi connectivity index (χ0) is 24.4. The monoisotopic (exact) mass is 458 g/mol. The predicted octanol–water partition coefficient (Wildman–Crippen LogP) is 6.40. The number of rotatable bonds is 1. The molecule has 188 valence electrons. The Hall–Kier alpha value is -0.410. The maximum absolute atomic E-state index is 12.9. The van der Waals surface area contributed by atoms with Gasteiger partial charge in [-0.05, 0) is 116 Å². The highest BCUT2D eigenvalue weighted by Gasteiger charge is 2.72. The predicted molar refractivity (Wildman–Crippen MR) is 133 cm³/mol. The van der Waals surface area contributed by atoms with Gasteiger partial charge in [0.2, 0.25) is 0 Å². The quantitative estimate of drug-likeness (QED) is 0.478. The molecule has 0 spiro atoms. The number of hydrogen-bond acceptors (Lipinski definition) is 3. The van der Waals surface area contributed by atoms with Crippen LogP contribution in [0.2, 0.25) is 0 Å². The van der Waals surface area contributed by atoms with Crippen LogP contribution in [0.1, 0.15) is 113 Å². The van der Waals surface area contributed by atoms with Gasteiger partial charge in [0, 0.05) is 11.8 Å². The minimum Gasteiger partial charge on any atom is -0.393 e. The van der Waals surface area contributed by atoms with Crippen LogP contribution in [0.4, 0.5) is 0 Å². The fourth-order valence-electron chi connectivity index (χ4n) is 11.6. The topological polar surface area (TPSA) is 57.5 Å². The number of carbonyl (C=O) groups excluding carboxylic acids is 1. The van der Waals surface area contributed by atoms with Gasteiger partial charge in [-0.2, -0.15) is 0 Å². The van der Waals surface area contributed by atoms with Gasteiger partial charge in [-0.3, -0.25) is 4.79 Å². The van der Waals surface area contributed by atoms with Crippen molar-refractivity contribution in [2.45, 2.75) is 125 Å². The summed E-state index contributed by atoms with van der Waals surface area (Å²) in [6, 6.07) is 0. The summed E-state index contributed by atoms with van der Waals surface area (Å²) in [6.07, 6.45) is 9.21. The minimum atomic E-state index is -0.666. The summed E-state index contributed by atoms with van der Waals surface area (Å²) in [6.45, 7) is 18.4. The summed E-state index contributed by atoms with van der Waals surface area (Å²) in [7, 11) is 0. The summed E-state index contributed by atoms with van der Waals surface area (Å²) in [5, 5.41) is 23.2. The number of Topliss-reactive ketones (excluding diaryl/α,β-unsaturated/α-hetero) is 1. The van der Waals surface area contributed by atoms with Gasteiger partial charge < -0.3 is 10.2 Å². The highest BCUT2D eigenvalue weighted by Crippen LogP contribution is 2.77. The van der Waals surface area contributed by atoms with E-state index < -0.39 is 5.60 Å². The molecule has 3 nitrogen and oxygen atoms in total. The van der Waals surface area contributed by atoms with Gasteiger partial charge >= 0.3 is 0 Å². The van der Waals surface area contributed by atoms with Crippen molar-refractivity contribution in [3.05, 3.63) is 0 Å². The van der Waals surface area contributed by atoms with Crippen LogP contribution in [0, 0.1) is 56.7 Å². The van der Waals surface area contributed by atoms with E-state index in [0.717, 1.165) is 32.1 Å². The van der Waals surface area contributed by atoms with Crippen molar-refractivity contribution in [3.8, 4) is 0 Å². The van der Waals surface area contributed by atoms with E-state index in [1.807, 2.05) is 13.8 Å². The lowest BCUT2D eigenvalue weighted by Gasteiger charge is -2.73. The summed E-state index contributed by atoms with van der Waals surface area (Å²) in [5.41, 5.74) is -0.392. The van der Waals surface area contributed by atoms with E-state index in [2.05, 4.69) is 41.5 Å². The zero-order valence-electron chi connectivity index (χ0n) is 22.6. The van der Waals surface area contributed by atoms with Crippen molar-refractivity contribution in [2.75, 3.05) is 0 Å². The first-order chi connectivity index (χ1) is 15.0. The molecule has 0 bridgehead atoms. The fraction of sp³-hybridized carbons (Fsp3) is 0.967. The van der Waals surface area contributed by atoms with Crippen molar-refractivity contribution in [2.24, 2.45) is 56.7 Å². The second kappa shape index (κ2) is 6.87. The lowest BCUT2D eigenvalue weighted by molar-refractivity contribution is -0.268. The molecule has 10 atom stereocenters. The molecule has 0 aromatic rings. The van der Waals surface area contributed by atoms with E-state index in [1.54, 1.807) is 0 Å². The van der Waals surface area contributed by atoms with E-state index in [1.165, 1.54) is 19.3 Å². The molecule has 5 fully saturated rings. The van der Waals surface area contributed by atoms with Gasteiger partial charge in [-0.1, -0.05) is 41.5 Å². The van der Waals surface area contributed by atoms with Crippen LogP contribution in [-0.2, 0) is 4.79 Å². The summed E-state index contributed by atoms with van der Waals surface area (Å²) in [4.78, 5) is 12.9. The van der Waals surface area contributed by atoms with E-state index in [4.69, 9.17) is 0 Å². The maximum atomic E-state index is 12.9. The average molecular weight is 459 g/mol. The zero-order valence-corrected chi connectivity index (χ0v) is 22.6. The van der Waals surface area contributed by atoms with E-state index >= 15 is 0 Å². The molecule has 5 saturated carbocycles. The molecule has 5 rings (SSSR count). The SMILES string of the molecule is CC(C)(O)[C@@H]1CC[C@]2(C)CC[C@]3(C)[C@H](C[C@@H](O)[C@H]4[C@@]5(C)CCC(=O)C(C)(C)[C@@H]5CC[C@]43C)[C@@H]12. The minimum absolute atomic E-state index is 0.0177. The van der Waals surface area contributed by atoms with E-state index in [0.29, 0.717) is 35.9 Å². The molecule has 0 unspecified atom stereocenters. The van der Waals surface area contributed by atoms with Crippen LogP contribution in [0.15, 0.2) is 0 Å². The molecule has 0 radical (unpaired) electrons. The Morgan fingerprint density at radius 2 is 1.55 bits per heavy atom. The van der Waals surface area contributed by atoms with Crippen LogP contribution in [0.5, 0.6) is 0 Å².